The number of ether oxygens (including phenoxy) is 2. The Morgan fingerprint density at radius 3 is 1.33 bits per heavy atom. The second kappa shape index (κ2) is 15.7. The summed E-state index contributed by atoms with van der Waals surface area (Å²) in [6.07, 6.45) is 2.28. The van der Waals surface area contributed by atoms with E-state index in [1.54, 1.807) is 0 Å². The van der Waals surface area contributed by atoms with Crippen LogP contribution in [0.1, 0.15) is 50.9 Å². The molecular formula is C38H42N4O6. The number of amides is 2. The van der Waals surface area contributed by atoms with Crippen LogP contribution in [0.15, 0.2) is 72.8 Å². The Morgan fingerprint density at radius 1 is 0.479 bits per heavy atom. The minimum atomic E-state index is -0.265. The number of carbonyl (C=O) groups is 2. The number of hydrogen-bond donors (Lipinski definition) is 6. The smallest absolute Gasteiger partial charge is 0.258 e. The van der Waals surface area contributed by atoms with Crippen molar-refractivity contribution in [2.24, 2.45) is 0 Å². The molecule has 6 N–H and O–H groups in total. The topological polar surface area (TPSA) is 141 Å². The number of rotatable bonds is 0. The number of aromatic hydroxyl groups is 2. The van der Waals surface area contributed by atoms with Crippen LogP contribution in [-0.4, -0.2) is 68.1 Å². The summed E-state index contributed by atoms with van der Waals surface area (Å²) in [6, 6.07) is 23.0. The quantitative estimate of drug-likeness (QED) is 0.150. The van der Waals surface area contributed by atoms with Gasteiger partial charge in [0, 0.05) is 38.8 Å². The Hall–Kier alpha value is -5.06. The first kappa shape index (κ1) is 32.9. The Labute approximate surface area is 280 Å². The highest BCUT2D eigenvalue weighted by atomic mass is 16.5. The molecule has 10 heteroatoms. The molecule has 1 heterocycles. The van der Waals surface area contributed by atoms with E-state index in [0.717, 1.165) is 35.2 Å². The van der Waals surface area contributed by atoms with Gasteiger partial charge in [-0.2, -0.15) is 0 Å². The zero-order chi connectivity index (χ0) is 33.3. The third-order valence-electron chi connectivity index (χ3n) is 8.72. The van der Waals surface area contributed by atoms with Crippen molar-refractivity contribution in [3.05, 3.63) is 117 Å². The van der Waals surface area contributed by atoms with Gasteiger partial charge in [-0.25, -0.2) is 0 Å². The molecule has 0 atom stereocenters. The molecule has 10 bridgehead atoms. The number of fused-ring (bicyclic) bond motifs is 2. The van der Waals surface area contributed by atoms with E-state index in [1.807, 2.05) is 72.8 Å². The van der Waals surface area contributed by atoms with Crippen molar-refractivity contribution in [1.29, 1.82) is 0 Å². The molecule has 1 aliphatic carbocycles. The molecule has 6 rings (SSSR count). The Bertz CT molecular complexity index is 1560. The van der Waals surface area contributed by atoms with Crippen LogP contribution in [0.25, 0.3) is 0 Å². The molecule has 0 aromatic heterocycles. The van der Waals surface area contributed by atoms with E-state index in [4.69, 9.17) is 9.47 Å². The van der Waals surface area contributed by atoms with Gasteiger partial charge in [-0.05, 0) is 64.0 Å². The summed E-state index contributed by atoms with van der Waals surface area (Å²) in [4.78, 5) is 25.7. The molecule has 10 nitrogen and oxygen atoms in total. The minimum absolute atomic E-state index is 0.166. The van der Waals surface area contributed by atoms with Crippen LogP contribution >= 0.6 is 0 Å². The summed E-state index contributed by atoms with van der Waals surface area (Å²) in [5.41, 5.74) is 6.07. The van der Waals surface area contributed by atoms with Gasteiger partial charge < -0.3 is 35.6 Å². The summed E-state index contributed by atoms with van der Waals surface area (Å²) < 4.78 is 12.5. The highest BCUT2D eigenvalue weighted by Gasteiger charge is 2.21. The van der Waals surface area contributed by atoms with E-state index in [9.17, 15) is 19.8 Å². The van der Waals surface area contributed by atoms with E-state index in [1.165, 1.54) is 0 Å². The predicted molar refractivity (Wildman–Crippen MR) is 183 cm³/mol. The fraction of sp³-hybridized carbons (Fsp3) is 0.316. The number of phenols is 2. The number of para-hydroxylation sites is 4. The lowest BCUT2D eigenvalue weighted by Crippen LogP contribution is -2.38. The number of hydrogen-bond acceptors (Lipinski definition) is 8. The van der Waals surface area contributed by atoms with Crippen molar-refractivity contribution in [3.8, 4) is 23.0 Å². The Morgan fingerprint density at radius 2 is 0.875 bits per heavy atom. The van der Waals surface area contributed by atoms with E-state index in [0.29, 0.717) is 85.7 Å². The average Bonchev–Trinajstić information content (AvgIpc) is 3.07. The van der Waals surface area contributed by atoms with Crippen molar-refractivity contribution >= 4 is 11.8 Å². The summed E-state index contributed by atoms with van der Waals surface area (Å²) in [5.74, 6) is 0.942. The van der Waals surface area contributed by atoms with Gasteiger partial charge in [-0.15, -0.1) is 0 Å². The third kappa shape index (κ3) is 8.07. The molecule has 48 heavy (non-hydrogen) atoms. The van der Waals surface area contributed by atoms with Crippen molar-refractivity contribution in [3.63, 3.8) is 0 Å². The van der Waals surface area contributed by atoms with Crippen LogP contribution in [-0.2, 0) is 35.3 Å². The lowest BCUT2D eigenvalue weighted by atomic mass is 9.91. The molecule has 2 aliphatic rings. The van der Waals surface area contributed by atoms with E-state index < -0.39 is 0 Å². The predicted octanol–water partition coefficient (Wildman–Crippen LogP) is 3.30. The monoisotopic (exact) mass is 650 g/mol. The zero-order valence-electron chi connectivity index (χ0n) is 26.9. The second-order valence-electron chi connectivity index (χ2n) is 12.2. The normalized spacial score (nSPS) is 16.5. The third-order valence-corrected chi connectivity index (χ3v) is 8.72. The van der Waals surface area contributed by atoms with Crippen molar-refractivity contribution in [2.75, 3.05) is 46.1 Å². The summed E-state index contributed by atoms with van der Waals surface area (Å²) >= 11 is 0. The summed E-state index contributed by atoms with van der Waals surface area (Å²) in [5, 5.41) is 35.4. The summed E-state index contributed by atoms with van der Waals surface area (Å²) in [7, 11) is 0. The van der Waals surface area contributed by atoms with Gasteiger partial charge in [0.05, 0.1) is 6.67 Å². The van der Waals surface area contributed by atoms with Gasteiger partial charge in [-0.1, -0.05) is 72.8 Å². The first-order valence-corrected chi connectivity index (χ1v) is 16.5. The minimum Gasteiger partial charge on any atom is -0.507 e. The van der Waals surface area contributed by atoms with Crippen LogP contribution in [0.2, 0.25) is 0 Å². The molecule has 0 saturated heterocycles. The number of carbonyl (C=O) groups excluding carboxylic acids is 2. The van der Waals surface area contributed by atoms with Crippen molar-refractivity contribution < 1.29 is 29.3 Å². The number of nitrogens with one attached hydrogen (secondary N) is 4. The largest absolute Gasteiger partial charge is 0.507 e. The fourth-order valence-corrected chi connectivity index (χ4v) is 6.26. The number of benzene rings is 4. The lowest BCUT2D eigenvalue weighted by molar-refractivity contribution is -0.123. The maximum Gasteiger partial charge on any atom is 0.258 e. The van der Waals surface area contributed by atoms with E-state index in [2.05, 4.69) is 21.3 Å². The molecule has 0 spiro atoms. The van der Waals surface area contributed by atoms with Gasteiger partial charge in [0.1, 0.15) is 23.0 Å². The molecule has 0 unspecified atom stereocenters. The first-order chi connectivity index (χ1) is 23.5. The van der Waals surface area contributed by atoms with Gasteiger partial charge >= 0.3 is 0 Å². The van der Waals surface area contributed by atoms with Gasteiger partial charge in [0.2, 0.25) is 0 Å². The van der Waals surface area contributed by atoms with Crippen LogP contribution < -0.4 is 30.7 Å². The summed E-state index contributed by atoms with van der Waals surface area (Å²) in [6.45, 7) is 2.46. The number of phenolic OH excluding ortho intramolecular Hbond substituents is 2. The van der Waals surface area contributed by atoms with E-state index >= 15 is 0 Å². The van der Waals surface area contributed by atoms with E-state index in [-0.39, 0.29) is 36.5 Å². The molecule has 2 amide bonds. The highest BCUT2D eigenvalue weighted by Crippen LogP contribution is 2.38. The SMILES string of the molecule is O=C1COc2c3cccc2Cc2cccc(c2O)Cc2cccc(c2OCC(=O)NCNCCCNCCN1)Cc1cccc(c1O)C3. The van der Waals surface area contributed by atoms with Crippen molar-refractivity contribution in [1.82, 2.24) is 21.3 Å². The fourth-order valence-electron chi connectivity index (χ4n) is 6.26. The molecule has 250 valence electrons. The van der Waals surface area contributed by atoms with Gasteiger partial charge in [-0.3, -0.25) is 14.9 Å². The maximum atomic E-state index is 12.8. The highest BCUT2D eigenvalue weighted by molar-refractivity contribution is 5.78. The Balaban J connectivity index is 1.45. The van der Waals surface area contributed by atoms with Crippen LogP contribution in [0, 0.1) is 0 Å². The van der Waals surface area contributed by atoms with Crippen LogP contribution in [0.5, 0.6) is 23.0 Å². The maximum absolute atomic E-state index is 12.8. The molecule has 4 aromatic rings. The standard InChI is InChI=1S/C38H42N4O6/c43-33-22-47-37-29-10-3-11-30(37)19-26-7-2-9-28(36(26)46)21-32-13-4-12-31(20-27-8-1-6-25(18-29)35(27)45)38(32)48-23-34(44)42-24-40-15-5-14-39-16-17-41-33/h1-4,6-13,39-40,45-46H,5,14-24H2,(H,41,43)(H,42,44). The molecule has 0 radical (unpaired) electrons. The van der Waals surface area contributed by atoms with Crippen LogP contribution in [0.3, 0.4) is 0 Å². The first-order valence-electron chi connectivity index (χ1n) is 16.5. The molecule has 1 aliphatic heterocycles. The molecule has 0 saturated carbocycles. The molecule has 4 aromatic carbocycles. The average molecular weight is 651 g/mol. The van der Waals surface area contributed by atoms with Gasteiger partial charge in [0.15, 0.2) is 13.2 Å². The lowest BCUT2D eigenvalue weighted by Gasteiger charge is -2.20. The van der Waals surface area contributed by atoms with Gasteiger partial charge in [0.25, 0.3) is 11.8 Å². The second-order valence-corrected chi connectivity index (χ2v) is 12.2. The molecule has 0 fully saturated rings. The molecular weight excluding hydrogens is 608 g/mol. The zero-order valence-corrected chi connectivity index (χ0v) is 26.9. The van der Waals surface area contributed by atoms with Crippen LogP contribution in [0.4, 0.5) is 0 Å². The van der Waals surface area contributed by atoms with Crippen molar-refractivity contribution in [2.45, 2.75) is 32.1 Å². The Kier molecular flexibility index (Phi) is 10.7.